The fourth-order valence-corrected chi connectivity index (χ4v) is 1.58. The molecular weight excluding hydrogens is 389 g/mol. The minimum Gasteiger partial charge on any atom is -0.352 e. The number of hydrogen-bond acceptors (Lipinski definition) is 1. The van der Waals surface area contributed by atoms with Crippen molar-refractivity contribution >= 4 is 29.9 Å². The van der Waals surface area contributed by atoms with Crippen LogP contribution in [0.3, 0.4) is 0 Å². The van der Waals surface area contributed by atoms with Crippen LogP contribution in [0.2, 0.25) is 0 Å². The number of rotatable bonds is 2. The van der Waals surface area contributed by atoms with Crippen LogP contribution in [0.4, 0.5) is 17.6 Å². The van der Waals surface area contributed by atoms with Gasteiger partial charge in [-0.05, 0) is 17.7 Å². The molecule has 3 nitrogen and oxygen atoms in total. The first kappa shape index (κ1) is 18.9. The molecule has 1 rings (SSSR count). The highest BCUT2D eigenvalue weighted by atomic mass is 127. The lowest BCUT2D eigenvalue weighted by atomic mass is 10.1. The van der Waals surface area contributed by atoms with E-state index in [4.69, 9.17) is 0 Å². The molecule has 1 aromatic carbocycles. The Balaban J connectivity index is 0.00000361. The molecule has 0 amide bonds. The Morgan fingerprint density at radius 1 is 1.30 bits per heavy atom. The van der Waals surface area contributed by atoms with E-state index in [9.17, 15) is 17.6 Å². The van der Waals surface area contributed by atoms with E-state index in [2.05, 4.69) is 10.3 Å². The highest BCUT2D eigenvalue weighted by Crippen LogP contribution is 2.32. The number of aliphatic imine (C=N–C) groups is 1. The van der Waals surface area contributed by atoms with Crippen LogP contribution in [0.1, 0.15) is 11.1 Å². The monoisotopic (exact) mass is 405 g/mol. The summed E-state index contributed by atoms with van der Waals surface area (Å²) in [5, 5.41) is 2.77. The first-order valence-corrected chi connectivity index (χ1v) is 5.49. The summed E-state index contributed by atoms with van der Waals surface area (Å²) >= 11 is 0. The zero-order valence-corrected chi connectivity index (χ0v) is 13.6. The zero-order chi connectivity index (χ0) is 14.6. The minimum absolute atomic E-state index is 0. The third-order valence-electron chi connectivity index (χ3n) is 2.45. The maximum atomic E-state index is 12.9. The average Bonchev–Trinajstić information content (AvgIpc) is 2.29. The summed E-state index contributed by atoms with van der Waals surface area (Å²) in [6.07, 6.45) is -4.58. The largest absolute Gasteiger partial charge is 0.416 e. The third-order valence-corrected chi connectivity index (χ3v) is 2.45. The third kappa shape index (κ3) is 5.14. The molecular formula is C12H16F4IN3. The molecule has 0 aliphatic rings. The predicted octanol–water partition coefficient (Wildman–Crippen LogP) is 3.10. The van der Waals surface area contributed by atoms with E-state index in [1.165, 1.54) is 7.05 Å². The van der Waals surface area contributed by atoms with Crippen molar-refractivity contribution in [3.8, 4) is 0 Å². The molecule has 0 aliphatic heterocycles. The molecule has 0 saturated carbocycles. The number of halogens is 5. The lowest BCUT2D eigenvalue weighted by Gasteiger charge is -2.18. The fourth-order valence-electron chi connectivity index (χ4n) is 1.58. The fraction of sp³-hybridized carbons (Fsp3) is 0.417. The second kappa shape index (κ2) is 7.65. The van der Waals surface area contributed by atoms with Gasteiger partial charge in [-0.15, -0.1) is 24.0 Å². The molecule has 0 atom stereocenters. The zero-order valence-electron chi connectivity index (χ0n) is 11.3. The quantitative estimate of drug-likeness (QED) is 0.355. The second-order valence-corrected chi connectivity index (χ2v) is 4.09. The molecule has 0 saturated heterocycles. The first-order chi connectivity index (χ1) is 8.75. The molecule has 1 N–H and O–H groups in total. The number of nitrogens with one attached hydrogen (secondary N) is 1. The summed E-state index contributed by atoms with van der Waals surface area (Å²) in [6, 6.07) is 2.62. The van der Waals surface area contributed by atoms with E-state index in [0.29, 0.717) is 12.0 Å². The van der Waals surface area contributed by atoms with Crippen molar-refractivity contribution in [2.45, 2.75) is 12.7 Å². The van der Waals surface area contributed by atoms with Crippen LogP contribution in [-0.2, 0) is 12.7 Å². The van der Waals surface area contributed by atoms with Crippen molar-refractivity contribution in [3.63, 3.8) is 0 Å². The van der Waals surface area contributed by atoms with E-state index >= 15 is 0 Å². The van der Waals surface area contributed by atoms with Gasteiger partial charge in [0.15, 0.2) is 5.96 Å². The van der Waals surface area contributed by atoms with Crippen molar-refractivity contribution in [2.24, 2.45) is 4.99 Å². The lowest BCUT2D eigenvalue weighted by Crippen LogP contribution is -2.36. The van der Waals surface area contributed by atoms with Crippen LogP contribution in [0.15, 0.2) is 23.2 Å². The van der Waals surface area contributed by atoms with Gasteiger partial charge in [0.25, 0.3) is 0 Å². The highest BCUT2D eigenvalue weighted by molar-refractivity contribution is 14.0. The van der Waals surface area contributed by atoms with Crippen molar-refractivity contribution in [2.75, 3.05) is 21.1 Å². The molecule has 0 radical (unpaired) electrons. The minimum atomic E-state index is -4.58. The van der Waals surface area contributed by atoms with E-state index in [-0.39, 0.29) is 36.1 Å². The van der Waals surface area contributed by atoms with E-state index in [0.717, 1.165) is 12.1 Å². The Morgan fingerprint density at radius 3 is 2.35 bits per heavy atom. The van der Waals surface area contributed by atoms with Crippen molar-refractivity contribution in [3.05, 3.63) is 35.1 Å². The van der Waals surface area contributed by atoms with Crippen LogP contribution in [0, 0.1) is 5.82 Å². The van der Waals surface area contributed by atoms with Gasteiger partial charge in [-0.25, -0.2) is 4.39 Å². The van der Waals surface area contributed by atoms with Crippen LogP contribution in [0.5, 0.6) is 0 Å². The van der Waals surface area contributed by atoms with Crippen molar-refractivity contribution in [1.29, 1.82) is 0 Å². The molecule has 20 heavy (non-hydrogen) atoms. The molecule has 0 aliphatic carbocycles. The summed E-state index contributed by atoms with van der Waals surface area (Å²) in [4.78, 5) is 5.52. The van der Waals surface area contributed by atoms with E-state index < -0.39 is 17.6 Å². The van der Waals surface area contributed by atoms with Gasteiger partial charge in [0.1, 0.15) is 5.82 Å². The van der Waals surface area contributed by atoms with Gasteiger partial charge >= 0.3 is 6.18 Å². The topological polar surface area (TPSA) is 27.6 Å². The summed E-state index contributed by atoms with van der Waals surface area (Å²) in [7, 11) is 4.95. The van der Waals surface area contributed by atoms with E-state index in [1.54, 1.807) is 19.0 Å². The summed E-state index contributed by atoms with van der Waals surface area (Å²) in [5.74, 6) is -0.467. The first-order valence-electron chi connectivity index (χ1n) is 5.49. The SMILES string of the molecule is CN=C(NCc1ccc(F)cc1C(F)(F)F)N(C)C.I. The lowest BCUT2D eigenvalue weighted by molar-refractivity contribution is -0.138. The Labute approximate surface area is 132 Å². The summed E-state index contributed by atoms with van der Waals surface area (Å²) in [6.45, 7) is -0.0834. The van der Waals surface area contributed by atoms with Gasteiger partial charge in [-0.2, -0.15) is 13.2 Å². The highest BCUT2D eigenvalue weighted by Gasteiger charge is 2.33. The van der Waals surface area contributed by atoms with Crippen LogP contribution < -0.4 is 5.32 Å². The Hall–Kier alpha value is -1.06. The average molecular weight is 405 g/mol. The normalized spacial score (nSPS) is 11.8. The van der Waals surface area contributed by atoms with Gasteiger partial charge in [-0.3, -0.25) is 4.99 Å². The smallest absolute Gasteiger partial charge is 0.352 e. The summed E-state index contributed by atoms with van der Waals surface area (Å²) < 4.78 is 51.2. The maximum absolute atomic E-state index is 12.9. The van der Waals surface area contributed by atoms with Gasteiger partial charge in [0.2, 0.25) is 0 Å². The molecule has 0 spiro atoms. The Bertz CT molecular complexity index is 472. The number of nitrogens with zero attached hydrogens (tertiary/aromatic N) is 2. The molecule has 0 fully saturated rings. The number of hydrogen-bond donors (Lipinski definition) is 1. The van der Waals surface area contributed by atoms with Gasteiger partial charge < -0.3 is 10.2 Å². The molecule has 0 heterocycles. The molecule has 114 valence electrons. The molecule has 1 aromatic rings. The molecule has 0 unspecified atom stereocenters. The van der Waals surface area contributed by atoms with Crippen LogP contribution >= 0.6 is 24.0 Å². The van der Waals surface area contributed by atoms with Gasteiger partial charge in [0.05, 0.1) is 5.56 Å². The number of guanidine groups is 1. The van der Waals surface area contributed by atoms with E-state index in [1.807, 2.05) is 0 Å². The molecule has 8 heteroatoms. The standard InChI is InChI=1S/C12H15F4N3.HI/c1-17-11(19(2)3)18-7-8-4-5-9(13)6-10(8)12(14,15)16;/h4-6H,7H2,1-3H3,(H,17,18);1H. The van der Waals surface area contributed by atoms with Crippen molar-refractivity contribution in [1.82, 2.24) is 10.2 Å². The maximum Gasteiger partial charge on any atom is 0.416 e. The second-order valence-electron chi connectivity index (χ2n) is 4.09. The molecule has 0 bridgehead atoms. The summed E-state index contributed by atoms with van der Waals surface area (Å²) in [5.41, 5.74) is -1.01. The van der Waals surface area contributed by atoms with Gasteiger partial charge in [0, 0.05) is 27.7 Å². The predicted molar refractivity (Wildman–Crippen MR) is 80.7 cm³/mol. The van der Waals surface area contributed by atoms with Crippen molar-refractivity contribution < 1.29 is 17.6 Å². The van der Waals surface area contributed by atoms with Crippen LogP contribution in [-0.4, -0.2) is 32.0 Å². The molecule has 0 aromatic heterocycles. The number of benzene rings is 1. The van der Waals surface area contributed by atoms with Gasteiger partial charge in [-0.1, -0.05) is 6.07 Å². The van der Waals surface area contributed by atoms with Crippen LogP contribution in [0.25, 0.3) is 0 Å². The Morgan fingerprint density at radius 2 is 1.90 bits per heavy atom. The Kier molecular flexibility index (Phi) is 7.25. The number of alkyl halides is 3.